The molecule has 0 radical (unpaired) electrons. The van der Waals surface area contributed by atoms with Crippen LogP contribution in [0.25, 0.3) is 0 Å². The molecule has 1 N–H and O–H groups in total. The summed E-state index contributed by atoms with van der Waals surface area (Å²) in [6.45, 7) is 3.08. The molecule has 1 saturated carbocycles. The fourth-order valence-corrected chi connectivity index (χ4v) is 2.27. The van der Waals surface area contributed by atoms with Crippen molar-refractivity contribution < 1.29 is 14.6 Å². The summed E-state index contributed by atoms with van der Waals surface area (Å²) in [7, 11) is 0. The summed E-state index contributed by atoms with van der Waals surface area (Å²) in [6.07, 6.45) is 10.5. The molecule has 1 fully saturated rings. The van der Waals surface area contributed by atoms with Gasteiger partial charge in [0.1, 0.15) is 0 Å². The van der Waals surface area contributed by atoms with Gasteiger partial charge < -0.3 is 9.84 Å². The van der Waals surface area contributed by atoms with E-state index < -0.39 is 5.97 Å². The first kappa shape index (κ1) is 14.2. The molecule has 1 rings (SSSR count). The van der Waals surface area contributed by atoms with E-state index in [1.54, 1.807) is 13.0 Å². The van der Waals surface area contributed by atoms with Gasteiger partial charge in [-0.15, -0.1) is 0 Å². The Balaban J connectivity index is 1.97. The number of aliphatic carboxylic acids is 1. The van der Waals surface area contributed by atoms with E-state index in [4.69, 9.17) is 9.84 Å². The van der Waals surface area contributed by atoms with Crippen LogP contribution in [0.4, 0.5) is 0 Å². The summed E-state index contributed by atoms with van der Waals surface area (Å²) >= 11 is 0. The lowest BCUT2D eigenvalue weighted by Crippen LogP contribution is -2.09. The highest BCUT2D eigenvalue weighted by Crippen LogP contribution is 2.25. The van der Waals surface area contributed by atoms with Crippen LogP contribution in [-0.4, -0.2) is 24.3 Å². The van der Waals surface area contributed by atoms with Gasteiger partial charge in [0.05, 0.1) is 6.61 Å². The van der Waals surface area contributed by atoms with E-state index in [0.29, 0.717) is 18.6 Å². The molecule has 3 heteroatoms. The summed E-state index contributed by atoms with van der Waals surface area (Å²) in [5.41, 5.74) is 0.404. The summed E-state index contributed by atoms with van der Waals surface area (Å²) in [4.78, 5) is 10.5. The monoisotopic (exact) mass is 240 g/mol. The van der Waals surface area contributed by atoms with Crippen molar-refractivity contribution in [3.63, 3.8) is 0 Å². The first-order chi connectivity index (χ1) is 8.20. The van der Waals surface area contributed by atoms with Crippen LogP contribution in [0.1, 0.15) is 51.9 Å². The zero-order valence-corrected chi connectivity index (χ0v) is 10.8. The number of hydrogen-bond donors (Lipinski definition) is 1. The van der Waals surface area contributed by atoms with Crippen molar-refractivity contribution in [2.45, 2.75) is 51.9 Å². The van der Waals surface area contributed by atoms with Crippen molar-refractivity contribution in [2.75, 3.05) is 13.2 Å². The standard InChI is InChI=1S/C14H24O3/c1-12(14(15)16)6-5-10-17-11-9-13-7-3-2-4-8-13/h6,13H,2-5,7-11H2,1H3,(H,15,16). The molecule has 0 aliphatic heterocycles. The first-order valence-electron chi connectivity index (χ1n) is 6.68. The van der Waals surface area contributed by atoms with E-state index in [-0.39, 0.29) is 0 Å². The second-order valence-electron chi connectivity index (χ2n) is 4.89. The Bertz CT molecular complexity index is 252. The van der Waals surface area contributed by atoms with E-state index in [9.17, 15) is 4.79 Å². The van der Waals surface area contributed by atoms with Crippen LogP contribution in [0.15, 0.2) is 11.6 Å². The first-order valence-corrected chi connectivity index (χ1v) is 6.68. The van der Waals surface area contributed by atoms with Crippen molar-refractivity contribution >= 4 is 5.97 Å². The van der Waals surface area contributed by atoms with Crippen molar-refractivity contribution in [1.29, 1.82) is 0 Å². The van der Waals surface area contributed by atoms with Crippen LogP contribution >= 0.6 is 0 Å². The van der Waals surface area contributed by atoms with Gasteiger partial charge >= 0.3 is 5.97 Å². The molecule has 1 aliphatic carbocycles. The van der Waals surface area contributed by atoms with Gasteiger partial charge in [0.2, 0.25) is 0 Å². The third-order valence-corrected chi connectivity index (χ3v) is 3.45. The van der Waals surface area contributed by atoms with Crippen molar-refractivity contribution in [1.82, 2.24) is 0 Å². The average Bonchev–Trinajstić information content (AvgIpc) is 2.34. The number of ether oxygens (including phenoxy) is 1. The van der Waals surface area contributed by atoms with Crippen molar-refractivity contribution in [3.8, 4) is 0 Å². The molecular formula is C14H24O3. The highest BCUT2D eigenvalue weighted by Gasteiger charge is 2.12. The summed E-state index contributed by atoms with van der Waals surface area (Å²) in [6, 6.07) is 0. The minimum absolute atomic E-state index is 0.404. The third kappa shape index (κ3) is 6.47. The second-order valence-corrected chi connectivity index (χ2v) is 4.89. The molecule has 0 saturated heterocycles. The van der Waals surface area contributed by atoms with Crippen molar-refractivity contribution in [3.05, 3.63) is 11.6 Å². The Morgan fingerprint density at radius 1 is 1.29 bits per heavy atom. The molecule has 0 aromatic carbocycles. The Morgan fingerprint density at radius 3 is 2.65 bits per heavy atom. The van der Waals surface area contributed by atoms with Gasteiger partial charge in [0, 0.05) is 12.2 Å². The predicted molar refractivity (Wildman–Crippen MR) is 68.0 cm³/mol. The lowest BCUT2D eigenvalue weighted by atomic mass is 9.87. The largest absolute Gasteiger partial charge is 0.478 e. The molecule has 1 aliphatic rings. The van der Waals surface area contributed by atoms with Crippen molar-refractivity contribution in [2.24, 2.45) is 5.92 Å². The maximum Gasteiger partial charge on any atom is 0.330 e. The van der Waals surface area contributed by atoms with E-state index in [1.165, 1.54) is 38.5 Å². The molecule has 0 atom stereocenters. The van der Waals surface area contributed by atoms with E-state index in [1.807, 2.05) is 0 Å². The van der Waals surface area contributed by atoms with Crippen LogP contribution < -0.4 is 0 Å². The molecule has 0 unspecified atom stereocenters. The molecule has 0 aromatic rings. The molecule has 17 heavy (non-hydrogen) atoms. The van der Waals surface area contributed by atoms with Crippen LogP contribution in [0.2, 0.25) is 0 Å². The second kappa shape index (κ2) is 8.29. The predicted octanol–water partition coefficient (Wildman–Crippen LogP) is 3.39. The molecular weight excluding hydrogens is 216 g/mol. The summed E-state index contributed by atoms with van der Waals surface area (Å²) in [5.74, 6) is 0.0206. The van der Waals surface area contributed by atoms with E-state index in [0.717, 1.165) is 12.5 Å². The SMILES string of the molecule is CC(=CCCOCCC1CCCCC1)C(=O)O. The molecule has 3 nitrogen and oxygen atoms in total. The lowest BCUT2D eigenvalue weighted by molar-refractivity contribution is -0.132. The van der Waals surface area contributed by atoms with E-state index in [2.05, 4.69) is 0 Å². The number of carboxylic acid groups (broad SMARTS) is 1. The minimum atomic E-state index is -0.841. The molecule has 0 heterocycles. The average molecular weight is 240 g/mol. The third-order valence-electron chi connectivity index (χ3n) is 3.45. The summed E-state index contributed by atoms with van der Waals surface area (Å²) < 4.78 is 5.53. The number of hydrogen-bond acceptors (Lipinski definition) is 2. The van der Waals surface area contributed by atoms with Crippen LogP contribution in [0, 0.1) is 5.92 Å². The van der Waals surface area contributed by atoms with Crippen LogP contribution in [-0.2, 0) is 9.53 Å². The fraction of sp³-hybridized carbons (Fsp3) is 0.786. The van der Waals surface area contributed by atoms with Gasteiger partial charge in [-0.25, -0.2) is 4.79 Å². The van der Waals surface area contributed by atoms with Gasteiger partial charge in [-0.1, -0.05) is 38.2 Å². The van der Waals surface area contributed by atoms with E-state index >= 15 is 0 Å². The van der Waals surface area contributed by atoms with Crippen LogP contribution in [0.3, 0.4) is 0 Å². The zero-order chi connectivity index (χ0) is 12.5. The molecule has 0 spiro atoms. The van der Waals surface area contributed by atoms with Gasteiger partial charge in [0.15, 0.2) is 0 Å². The Hall–Kier alpha value is -0.830. The number of carbonyl (C=O) groups is 1. The quantitative estimate of drug-likeness (QED) is 0.548. The van der Waals surface area contributed by atoms with Gasteiger partial charge in [0.25, 0.3) is 0 Å². The Morgan fingerprint density at radius 2 is 2.00 bits per heavy atom. The maximum atomic E-state index is 10.5. The van der Waals surface area contributed by atoms with Gasteiger partial charge in [-0.3, -0.25) is 0 Å². The normalized spacial score (nSPS) is 18.3. The molecule has 98 valence electrons. The molecule has 0 bridgehead atoms. The Kier molecular flexibility index (Phi) is 6.94. The van der Waals surface area contributed by atoms with Gasteiger partial charge in [-0.05, 0) is 25.7 Å². The number of carboxylic acids is 1. The summed E-state index contributed by atoms with van der Waals surface area (Å²) in [5, 5.41) is 8.65. The van der Waals surface area contributed by atoms with Gasteiger partial charge in [-0.2, -0.15) is 0 Å². The maximum absolute atomic E-state index is 10.5. The zero-order valence-electron chi connectivity index (χ0n) is 10.8. The molecule has 0 amide bonds. The highest BCUT2D eigenvalue weighted by molar-refractivity contribution is 5.85. The van der Waals surface area contributed by atoms with Crippen LogP contribution in [0.5, 0.6) is 0 Å². The lowest BCUT2D eigenvalue weighted by Gasteiger charge is -2.21. The topological polar surface area (TPSA) is 46.5 Å². The fourth-order valence-electron chi connectivity index (χ4n) is 2.27. The molecule has 0 aromatic heterocycles. The minimum Gasteiger partial charge on any atom is -0.478 e. The smallest absolute Gasteiger partial charge is 0.330 e. The number of rotatable bonds is 7. The Labute approximate surface area is 104 Å². The highest BCUT2D eigenvalue weighted by atomic mass is 16.5.